The molecule has 0 radical (unpaired) electrons. The summed E-state index contributed by atoms with van der Waals surface area (Å²) in [6, 6.07) is 58.5. The average molecular weight is 910 g/mol. The number of imidazole rings is 1. The number of furan rings is 1. The number of fused-ring (bicyclic) bond motifs is 21. The fraction of sp³-hybridized carbons (Fsp3) is 0.185. The second kappa shape index (κ2) is 14.3. The van der Waals surface area contributed by atoms with Gasteiger partial charge in [-0.15, -0.1) is 0 Å². The highest BCUT2D eigenvalue weighted by Gasteiger charge is 2.65. The van der Waals surface area contributed by atoms with E-state index >= 15 is 0 Å². The summed E-state index contributed by atoms with van der Waals surface area (Å²) in [5.74, 6) is 1.98. The predicted molar refractivity (Wildman–Crippen MR) is 287 cm³/mol. The van der Waals surface area contributed by atoms with Crippen molar-refractivity contribution in [3.63, 3.8) is 0 Å². The Morgan fingerprint density at radius 3 is 2.04 bits per heavy atom. The molecule has 1 atom stereocenters. The Balaban J connectivity index is 1.26. The molecule has 2 aliphatic heterocycles. The van der Waals surface area contributed by atoms with E-state index in [0.29, 0.717) is 16.6 Å². The van der Waals surface area contributed by atoms with Gasteiger partial charge in [0.25, 0.3) is 0 Å². The lowest BCUT2D eigenvalue weighted by atomic mass is 9.86. The third-order valence-corrected chi connectivity index (χ3v) is 15.5. The van der Waals surface area contributed by atoms with Crippen molar-refractivity contribution >= 4 is 65.3 Å². The molecule has 0 bridgehead atoms. The third-order valence-electron chi connectivity index (χ3n) is 15.5. The Labute approximate surface area is 412 Å². The molecule has 2 aliphatic rings. The van der Waals surface area contributed by atoms with Gasteiger partial charge in [0, 0.05) is 42.9 Å². The van der Waals surface area contributed by atoms with E-state index in [2.05, 4.69) is 226 Å². The largest absolute Gasteiger partial charge is 0.455 e. The molecule has 338 valence electrons. The van der Waals surface area contributed by atoms with Crippen molar-refractivity contribution in [2.45, 2.75) is 78.2 Å². The molecule has 70 heavy (non-hydrogen) atoms. The summed E-state index contributed by atoms with van der Waals surface area (Å²) in [6.45, 7) is 13.3. The normalized spacial score (nSPS) is 16.0. The minimum Gasteiger partial charge on any atom is -0.455 e. The number of benzene rings is 9. The SMILES string of the molecule is [2H]C([2H])([2H])c1cc2c(c3oc4cc5c(ccc6ccccc65)cc4c13)-c1n(-c3c(C(C)C)cc(-c4ccccc4)cc3C(C)C)c3c4ccccc4ccc3[n+]1C21c2ccccc2-c2nc(C(C)(C)C)cc[n+]21. The van der Waals surface area contributed by atoms with Crippen LogP contribution in [0.3, 0.4) is 0 Å². The van der Waals surface area contributed by atoms with Gasteiger partial charge in [0.2, 0.25) is 0 Å². The van der Waals surface area contributed by atoms with Crippen LogP contribution in [0.25, 0.3) is 105 Å². The van der Waals surface area contributed by atoms with Crippen LogP contribution in [0.5, 0.6) is 0 Å². The van der Waals surface area contributed by atoms with E-state index in [1.54, 1.807) is 0 Å². The number of aromatic nitrogens is 4. The van der Waals surface area contributed by atoms with Gasteiger partial charge in [-0.2, -0.15) is 13.7 Å². The predicted octanol–water partition coefficient (Wildman–Crippen LogP) is 15.7. The van der Waals surface area contributed by atoms with E-state index in [1.165, 1.54) is 22.3 Å². The highest BCUT2D eigenvalue weighted by atomic mass is 16.3. The third kappa shape index (κ3) is 5.35. The van der Waals surface area contributed by atoms with Crippen molar-refractivity contribution in [2.75, 3.05) is 0 Å². The van der Waals surface area contributed by atoms with Crippen LogP contribution in [-0.4, -0.2) is 9.55 Å². The number of nitrogens with zero attached hydrogens (tertiary/aromatic N) is 4. The average Bonchev–Trinajstić information content (AvgIpc) is 4.15. The Morgan fingerprint density at radius 2 is 1.30 bits per heavy atom. The van der Waals surface area contributed by atoms with Crippen molar-refractivity contribution in [3.8, 4) is 39.6 Å². The summed E-state index contributed by atoms with van der Waals surface area (Å²) in [7, 11) is 0. The molecule has 0 N–H and O–H groups in total. The Bertz CT molecular complexity index is 4330. The highest BCUT2D eigenvalue weighted by molar-refractivity contribution is 6.19. The van der Waals surface area contributed by atoms with Gasteiger partial charge < -0.3 is 4.42 Å². The maximum Gasteiger partial charge on any atom is 0.335 e. The molecule has 0 aliphatic carbocycles. The lowest BCUT2D eigenvalue weighted by Gasteiger charge is -2.24. The van der Waals surface area contributed by atoms with Crippen LogP contribution in [0, 0.1) is 6.85 Å². The molecule has 5 heterocycles. The van der Waals surface area contributed by atoms with Gasteiger partial charge in [-0.1, -0.05) is 146 Å². The maximum atomic E-state index is 9.47. The van der Waals surface area contributed by atoms with Crippen LogP contribution in [0.2, 0.25) is 0 Å². The van der Waals surface area contributed by atoms with Crippen molar-refractivity contribution in [1.82, 2.24) is 9.55 Å². The molecule has 9 aromatic carbocycles. The Kier molecular flexibility index (Phi) is 7.79. The minimum atomic E-state index is -2.52. The molecule has 1 spiro atoms. The molecule has 3 aromatic heterocycles. The van der Waals surface area contributed by atoms with Crippen molar-refractivity contribution in [2.24, 2.45) is 0 Å². The number of hydrogen-bond acceptors (Lipinski definition) is 2. The summed E-state index contributed by atoms with van der Waals surface area (Å²) in [5.41, 5.74) is 12.7. The Hall–Kier alpha value is -7.89. The molecule has 0 amide bonds. The summed E-state index contributed by atoms with van der Waals surface area (Å²) in [5, 5.41) is 7.96. The second-order valence-electron chi connectivity index (χ2n) is 21.3. The molecule has 12 aromatic rings. The van der Waals surface area contributed by atoms with Crippen LogP contribution < -0.4 is 9.13 Å². The molecule has 0 saturated heterocycles. The molecule has 5 nitrogen and oxygen atoms in total. The summed E-state index contributed by atoms with van der Waals surface area (Å²) in [4.78, 5) is 5.57. The molecule has 0 saturated carbocycles. The van der Waals surface area contributed by atoms with Gasteiger partial charge in [-0.25, -0.2) is 0 Å². The zero-order chi connectivity index (χ0) is 50.0. The van der Waals surface area contributed by atoms with E-state index in [4.69, 9.17) is 9.40 Å². The van der Waals surface area contributed by atoms with Gasteiger partial charge in [-0.05, 0) is 128 Å². The van der Waals surface area contributed by atoms with E-state index < -0.39 is 12.5 Å². The summed E-state index contributed by atoms with van der Waals surface area (Å²) in [6.07, 6.45) is 2.20. The van der Waals surface area contributed by atoms with Crippen LogP contribution in [0.4, 0.5) is 0 Å². The van der Waals surface area contributed by atoms with Crippen LogP contribution >= 0.6 is 0 Å². The van der Waals surface area contributed by atoms with E-state index in [1.807, 2.05) is 6.07 Å². The van der Waals surface area contributed by atoms with Crippen molar-refractivity contribution < 1.29 is 17.7 Å². The quantitative estimate of drug-likeness (QED) is 0.130. The first-order valence-corrected chi connectivity index (χ1v) is 24.8. The molecule has 1 unspecified atom stereocenters. The first-order valence-electron chi connectivity index (χ1n) is 26.3. The smallest absolute Gasteiger partial charge is 0.335 e. The molecule has 5 heteroatoms. The van der Waals surface area contributed by atoms with Crippen molar-refractivity contribution in [3.05, 3.63) is 203 Å². The van der Waals surface area contributed by atoms with E-state index in [9.17, 15) is 4.11 Å². The molecule has 0 fully saturated rings. The second-order valence-corrected chi connectivity index (χ2v) is 21.3. The molecular weight excluding hydrogens is 853 g/mol. The van der Waals surface area contributed by atoms with Gasteiger partial charge in [0.05, 0.1) is 16.7 Å². The number of rotatable bonds is 4. The van der Waals surface area contributed by atoms with E-state index in [0.717, 1.165) is 94.0 Å². The standard InChI is InChI=1S/C65H54N4O/c1-37(2)48-34-44(40-18-10-9-11-19-40)35-49(38(3)4)59(48)68-60-46-23-15-13-21-42(46)28-29-54(60)69-63(68)58-53(65(69)52-25-17-16-24-47(52)62-66-56(64(6,7)8)30-31-67(62)65)32-39(5)57-51-33-43-27-26-41-20-12-14-22-45(41)50(43)36-55(51)70-61(57)58/h9-38H,1-8H3/q+2/i5D3. The number of hydrogen-bond donors (Lipinski definition) is 0. The fourth-order valence-electron chi connectivity index (χ4n) is 12.3. The summed E-state index contributed by atoms with van der Waals surface area (Å²) < 4.78 is 43.3. The maximum absolute atomic E-state index is 9.47. The highest BCUT2D eigenvalue weighted by Crippen LogP contribution is 2.55. The molecular formula is C65H54N4O+2. The van der Waals surface area contributed by atoms with Crippen molar-refractivity contribution in [1.29, 1.82) is 0 Å². The number of aryl methyl sites for hydroxylation is 1. The topological polar surface area (TPSA) is 38.7 Å². The monoisotopic (exact) mass is 909 g/mol. The minimum absolute atomic E-state index is 0.118. The fourth-order valence-corrected chi connectivity index (χ4v) is 12.3. The van der Waals surface area contributed by atoms with Gasteiger partial charge >= 0.3 is 17.3 Å². The zero-order valence-electron chi connectivity index (χ0n) is 43.5. The van der Waals surface area contributed by atoms with Gasteiger partial charge in [0.15, 0.2) is 22.3 Å². The van der Waals surface area contributed by atoms with E-state index in [-0.39, 0.29) is 22.8 Å². The van der Waals surface area contributed by atoms with Crippen LogP contribution in [-0.2, 0) is 11.1 Å². The first kappa shape index (κ1) is 38.0. The van der Waals surface area contributed by atoms with Gasteiger partial charge in [0.1, 0.15) is 23.0 Å². The first-order chi connectivity index (χ1) is 35.1. The lowest BCUT2D eigenvalue weighted by Crippen LogP contribution is -2.71. The lowest BCUT2D eigenvalue weighted by molar-refractivity contribution is -0.945. The zero-order valence-corrected chi connectivity index (χ0v) is 40.5. The van der Waals surface area contributed by atoms with Gasteiger partial charge in [-0.3, -0.25) is 0 Å². The Morgan fingerprint density at radius 1 is 0.629 bits per heavy atom. The molecule has 14 rings (SSSR count). The van der Waals surface area contributed by atoms with Crippen LogP contribution in [0.1, 0.15) is 97.9 Å². The van der Waals surface area contributed by atoms with Crippen LogP contribution in [0.15, 0.2) is 174 Å². The summed E-state index contributed by atoms with van der Waals surface area (Å²) >= 11 is 0.